The molecule has 3 rings (SSSR count). The van der Waals surface area contributed by atoms with Crippen LogP contribution in [0.5, 0.6) is 5.75 Å². The van der Waals surface area contributed by atoms with Gasteiger partial charge in [0, 0.05) is 17.7 Å². The number of hydrogen-bond acceptors (Lipinski definition) is 2. The minimum absolute atomic E-state index is 0.137. The van der Waals surface area contributed by atoms with Crippen LogP contribution in [0, 0.1) is 12.7 Å². The number of anilines is 1. The Balaban J connectivity index is 2.35. The van der Waals surface area contributed by atoms with Gasteiger partial charge in [0.25, 0.3) is 0 Å². The van der Waals surface area contributed by atoms with Gasteiger partial charge in [0.15, 0.2) is 0 Å². The van der Waals surface area contributed by atoms with E-state index in [0.717, 1.165) is 40.2 Å². The molecule has 0 aliphatic carbocycles. The van der Waals surface area contributed by atoms with Crippen molar-refractivity contribution in [2.24, 2.45) is 0 Å². The molecule has 1 aliphatic heterocycles. The summed E-state index contributed by atoms with van der Waals surface area (Å²) in [5.74, 6) is 0.0292. The summed E-state index contributed by atoms with van der Waals surface area (Å²) in [5, 5.41) is 10.5. The number of phenols is 1. The molecule has 3 heteroatoms. The van der Waals surface area contributed by atoms with Crippen LogP contribution in [0.15, 0.2) is 42.6 Å². The Bertz CT molecular complexity index is 790. The molecule has 0 saturated heterocycles. The highest BCUT2D eigenvalue weighted by Gasteiger charge is 2.40. The second-order valence-electron chi connectivity index (χ2n) is 7.02. The molecule has 0 spiro atoms. The van der Waals surface area contributed by atoms with Gasteiger partial charge in [-0.15, -0.1) is 0 Å². The lowest BCUT2D eigenvalue weighted by molar-refractivity contribution is 0.475. The largest absolute Gasteiger partial charge is 0.506 e. The topological polar surface area (TPSA) is 23.5 Å². The van der Waals surface area contributed by atoms with E-state index in [0.29, 0.717) is 0 Å². The number of benzene rings is 2. The highest BCUT2D eigenvalue weighted by molar-refractivity contribution is 5.86. The smallest absolute Gasteiger partial charge is 0.139 e. The van der Waals surface area contributed by atoms with E-state index in [4.69, 9.17) is 0 Å². The SMILES string of the molecule is C=C(C)N1CC(C)(C)c2c(-c3ccc(F)cc3)c(C)cc(O)c21. The molecule has 2 aromatic carbocycles. The summed E-state index contributed by atoms with van der Waals surface area (Å²) in [5.41, 5.74) is 5.73. The fraction of sp³-hybridized carbons (Fsp3) is 0.300. The lowest BCUT2D eigenvalue weighted by atomic mass is 9.80. The first-order valence-corrected chi connectivity index (χ1v) is 7.78. The molecule has 0 amide bonds. The number of aryl methyl sites for hydroxylation is 1. The van der Waals surface area contributed by atoms with Crippen molar-refractivity contribution in [2.75, 3.05) is 11.4 Å². The van der Waals surface area contributed by atoms with Crippen molar-refractivity contribution in [1.29, 1.82) is 0 Å². The van der Waals surface area contributed by atoms with E-state index in [-0.39, 0.29) is 17.0 Å². The average Bonchev–Trinajstić information content (AvgIpc) is 2.74. The van der Waals surface area contributed by atoms with Gasteiger partial charge in [0.2, 0.25) is 0 Å². The highest BCUT2D eigenvalue weighted by Crippen LogP contribution is 2.52. The molecule has 1 N–H and O–H groups in total. The van der Waals surface area contributed by atoms with Gasteiger partial charge < -0.3 is 10.0 Å². The third kappa shape index (κ3) is 2.40. The van der Waals surface area contributed by atoms with Crippen molar-refractivity contribution in [2.45, 2.75) is 33.1 Å². The molecular weight excluding hydrogens is 289 g/mol. The molecule has 120 valence electrons. The Morgan fingerprint density at radius 1 is 1.26 bits per heavy atom. The number of aromatic hydroxyl groups is 1. The van der Waals surface area contributed by atoms with Crippen LogP contribution >= 0.6 is 0 Å². The molecular formula is C20H22FNO. The van der Waals surface area contributed by atoms with Crippen LogP contribution in [0.25, 0.3) is 11.1 Å². The van der Waals surface area contributed by atoms with Crippen LogP contribution in [0.2, 0.25) is 0 Å². The van der Waals surface area contributed by atoms with Gasteiger partial charge in [-0.1, -0.05) is 32.6 Å². The van der Waals surface area contributed by atoms with Gasteiger partial charge in [-0.3, -0.25) is 0 Å². The number of rotatable bonds is 2. The number of fused-ring (bicyclic) bond motifs is 1. The summed E-state index contributed by atoms with van der Waals surface area (Å²) in [6, 6.07) is 8.34. The van der Waals surface area contributed by atoms with Crippen LogP contribution in [-0.2, 0) is 5.41 Å². The molecule has 0 atom stereocenters. The lowest BCUT2D eigenvalue weighted by Crippen LogP contribution is -2.27. The van der Waals surface area contributed by atoms with E-state index in [1.165, 1.54) is 12.1 Å². The minimum atomic E-state index is -0.246. The number of hydrogen-bond donors (Lipinski definition) is 1. The Hall–Kier alpha value is -2.29. The molecule has 0 fully saturated rings. The first kappa shape index (κ1) is 15.6. The summed E-state index contributed by atoms with van der Waals surface area (Å²) in [6.45, 7) is 13.1. The van der Waals surface area contributed by atoms with Gasteiger partial charge in [0.05, 0.1) is 5.69 Å². The third-order valence-electron chi connectivity index (χ3n) is 4.57. The number of halogens is 1. The molecule has 0 bridgehead atoms. The van der Waals surface area contributed by atoms with E-state index in [1.54, 1.807) is 18.2 Å². The van der Waals surface area contributed by atoms with Crippen molar-refractivity contribution in [3.05, 3.63) is 59.6 Å². The van der Waals surface area contributed by atoms with Crippen molar-refractivity contribution >= 4 is 5.69 Å². The molecule has 0 saturated carbocycles. The van der Waals surface area contributed by atoms with Gasteiger partial charge in [0.1, 0.15) is 11.6 Å². The Morgan fingerprint density at radius 2 is 1.87 bits per heavy atom. The Labute approximate surface area is 136 Å². The molecule has 0 unspecified atom stereocenters. The van der Waals surface area contributed by atoms with Gasteiger partial charge in [-0.2, -0.15) is 0 Å². The maximum absolute atomic E-state index is 13.3. The number of nitrogens with zero attached hydrogens (tertiary/aromatic N) is 1. The van der Waals surface area contributed by atoms with Crippen LogP contribution in [0.4, 0.5) is 10.1 Å². The number of phenolic OH excluding ortho intramolecular Hbond substituents is 1. The minimum Gasteiger partial charge on any atom is -0.506 e. The van der Waals surface area contributed by atoms with E-state index in [1.807, 2.05) is 13.8 Å². The maximum Gasteiger partial charge on any atom is 0.139 e. The molecule has 0 radical (unpaired) electrons. The first-order chi connectivity index (χ1) is 10.7. The molecule has 2 nitrogen and oxygen atoms in total. The van der Waals surface area contributed by atoms with Crippen LogP contribution in [0.1, 0.15) is 31.9 Å². The maximum atomic E-state index is 13.3. The van der Waals surface area contributed by atoms with Crippen molar-refractivity contribution < 1.29 is 9.50 Å². The summed E-state index contributed by atoms with van der Waals surface area (Å²) < 4.78 is 13.3. The second-order valence-corrected chi connectivity index (χ2v) is 7.02. The second kappa shape index (κ2) is 5.12. The summed E-state index contributed by atoms with van der Waals surface area (Å²) in [4.78, 5) is 2.07. The zero-order valence-corrected chi connectivity index (χ0v) is 14.1. The molecule has 23 heavy (non-hydrogen) atoms. The molecule has 2 aromatic rings. The molecule has 1 aliphatic rings. The predicted molar refractivity (Wildman–Crippen MR) is 93.4 cm³/mol. The summed E-state index contributed by atoms with van der Waals surface area (Å²) in [7, 11) is 0. The van der Waals surface area contributed by atoms with Crippen LogP contribution in [0.3, 0.4) is 0 Å². The summed E-state index contributed by atoms with van der Waals surface area (Å²) in [6.07, 6.45) is 0. The van der Waals surface area contributed by atoms with Crippen molar-refractivity contribution in [3.63, 3.8) is 0 Å². The van der Waals surface area contributed by atoms with Crippen LogP contribution in [-0.4, -0.2) is 11.7 Å². The Morgan fingerprint density at radius 3 is 2.43 bits per heavy atom. The highest BCUT2D eigenvalue weighted by atomic mass is 19.1. The lowest BCUT2D eigenvalue weighted by Gasteiger charge is -2.23. The third-order valence-corrected chi connectivity index (χ3v) is 4.57. The van der Waals surface area contributed by atoms with Gasteiger partial charge in [-0.05, 0) is 54.3 Å². The predicted octanol–water partition coefficient (Wildman–Crippen LogP) is 5.14. The van der Waals surface area contributed by atoms with Crippen molar-refractivity contribution in [3.8, 4) is 16.9 Å². The monoisotopic (exact) mass is 311 g/mol. The van der Waals surface area contributed by atoms with Crippen molar-refractivity contribution in [1.82, 2.24) is 0 Å². The first-order valence-electron chi connectivity index (χ1n) is 7.78. The van der Waals surface area contributed by atoms with E-state index in [2.05, 4.69) is 25.3 Å². The van der Waals surface area contributed by atoms with E-state index in [9.17, 15) is 9.50 Å². The zero-order valence-electron chi connectivity index (χ0n) is 14.1. The normalized spacial score (nSPS) is 15.6. The molecule has 1 heterocycles. The Kier molecular flexibility index (Phi) is 3.47. The van der Waals surface area contributed by atoms with Crippen LogP contribution < -0.4 is 4.90 Å². The summed E-state index contributed by atoms with van der Waals surface area (Å²) >= 11 is 0. The standard InChI is InChI=1S/C20H22FNO/c1-12(2)22-11-20(4,5)18-17(13(3)10-16(23)19(18)22)14-6-8-15(21)9-7-14/h6-10,23H,1,11H2,2-5H3. The fourth-order valence-corrected chi connectivity index (χ4v) is 3.59. The van der Waals surface area contributed by atoms with E-state index >= 15 is 0 Å². The number of allylic oxidation sites excluding steroid dienone is 1. The average molecular weight is 311 g/mol. The van der Waals surface area contributed by atoms with E-state index < -0.39 is 0 Å². The van der Waals surface area contributed by atoms with Gasteiger partial charge >= 0.3 is 0 Å². The fourth-order valence-electron chi connectivity index (χ4n) is 3.59. The quantitative estimate of drug-likeness (QED) is 0.830. The van der Waals surface area contributed by atoms with Gasteiger partial charge in [-0.25, -0.2) is 4.39 Å². The molecule has 0 aromatic heterocycles. The zero-order chi connectivity index (χ0) is 16.9.